The van der Waals surface area contributed by atoms with E-state index < -0.39 is 0 Å². The molecule has 0 saturated carbocycles. The van der Waals surface area contributed by atoms with Crippen LogP contribution in [0.25, 0.3) is 11.1 Å². The van der Waals surface area contributed by atoms with Gasteiger partial charge in [-0.2, -0.15) is 5.10 Å². The number of nitrogens with one attached hydrogen (secondary N) is 1. The van der Waals surface area contributed by atoms with E-state index in [0.29, 0.717) is 0 Å². The van der Waals surface area contributed by atoms with Gasteiger partial charge in [-0.05, 0) is 37.1 Å². The summed E-state index contributed by atoms with van der Waals surface area (Å²) in [6.45, 7) is 5.26. The maximum atomic E-state index is 4.65. The summed E-state index contributed by atoms with van der Waals surface area (Å²) in [6.07, 6.45) is 1.98. The molecule has 0 aliphatic carbocycles. The third-order valence-corrected chi connectivity index (χ3v) is 3.50. The Balaban J connectivity index is 2.53. The molecule has 0 aliphatic rings. The Hall–Kier alpha value is -1.61. The van der Waals surface area contributed by atoms with Crippen LogP contribution in [0.3, 0.4) is 0 Å². The van der Waals surface area contributed by atoms with Crippen LogP contribution in [-0.2, 0) is 26.4 Å². The maximum Gasteiger partial charge on any atom is 0.0703 e. The van der Waals surface area contributed by atoms with Crippen molar-refractivity contribution in [3.05, 3.63) is 41.2 Å². The Kier molecular flexibility index (Phi) is 4.38. The van der Waals surface area contributed by atoms with Gasteiger partial charge in [-0.1, -0.05) is 32.0 Å². The summed E-state index contributed by atoms with van der Waals surface area (Å²) in [6, 6.07) is 8.75. The standard InChI is InChI=1S/C16H23N3/c1-5-14-16(15(6-2)19(4)18-14)13-9-7-8-12(10-13)11-17-3/h7-10,17H,5-6,11H2,1-4H3. The monoisotopic (exact) mass is 257 g/mol. The molecule has 19 heavy (non-hydrogen) atoms. The third-order valence-electron chi connectivity index (χ3n) is 3.50. The second-order valence-corrected chi connectivity index (χ2v) is 4.83. The van der Waals surface area contributed by atoms with Crippen LogP contribution < -0.4 is 5.32 Å². The highest BCUT2D eigenvalue weighted by molar-refractivity contribution is 5.69. The fraction of sp³-hybridized carbons (Fsp3) is 0.438. The molecule has 0 atom stereocenters. The normalized spacial score (nSPS) is 10.9. The van der Waals surface area contributed by atoms with E-state index in [-0.39, 0.29) is 0 Å². The molecule has 0 bridgehead atoms. The van der Waals surface area contributed by atoms with Gasteiger partial charge in [0.05, 0.1) is 5.69 Å². The van der Waals surface area contributed by atoms with Crippen LogP contribution in [-0.4, -0.2) is 16.8 Å². The number of aryl methyl sites for hydroxylation is 2. The lowest BCUT2D eigenvalue weighted by Crippen LogP contribution is -2.05. The lowest BCUT2D eigenvalue weighted by Gasteiger charge is -2.08. The van der Waals surface area contributed by atoms with Crippen molar-refractivity contribution in [2.75, 3.05) is 7.05 Å². The zero-order chi connectivity index (χ0) is 13.8. The van der Waals surface area contributed by atoms with Gasteiger partial charge >= 0.3 is 0 Å². The molecule has 2 aromatic rings. The second-order valence-electron chi connectivity index (χ2n) is 4.83. The molecule has 2 rings (SSSR count). The molecule has 102 valence electrons. The summed E-state index contributed by atoms with van der Waals surface area (Å²) in [7, 11) is 4.02. The van der Waals surface area contributed by atoms with Gasteiger partial charge in [0, 0.05) is 24.8 Å². The summed E-state index contributed by atoms with van der Waals surface area (Å²) < 4.78 is 2.03. The molecule has 0 unspecified atom stereocenters. The Bertz CT molecular complexity index is 555. The Morgan fingerprint density at radius 3 is 2.63 bits per heavy atom. The molecule has 3 heteroatoms. The highest BCUT2D eigenvalue weighted by Crippen LogP contribution is 2.29. The largest absolute Gasteiger partial charge is 0.316 e. The van der Waals surface area contributed by atoms with Crippen molar-refractivity contribution in [1.82, 2.24) is 15.1 Å². The molecular formula is C16H23N3. The smallest absolute Gasteiger partial charge is 0.0703 e. The van der Waals surface area contributed by atoms with E-state index in [9.17, 15) is 0 Å². The van der Waals surface area contributed by atoms with Crippen molar-refractivity contribution in [2.45, 2.75) is 33.2 Å². The molecule has 0 spiro atoms. The predicted molar refractivity (Wildman–Crippen MR) is 80.2 cm³/mol. The van der Waals surface area contributed by atoms with Crippen LogP contribution in [0.2, 0.25) is 0 Å². The van der Waals surface area contributed by atoms with E-state index in [4.69, 9.17) is 0 Å². The van der Waals surface area contributed by atoms with Crippen LogP contribution in [0.1, 0.15) is 30.8 Å². The fourth-order valence-corrected chi connectivity index (χ4v) is 2.65. The minimum absolute atomic E-state index is 0.900. The van der Waals surface area contributed by atoms with Gasteiger partial charge in [0.1, 0.15) is 0 Å². The van der Waals surface area contributed by atoms with Crippen molar-refractivity contribution in [3.63, 3.8) is 0 Å². The molecule has 1 heterocycles. The summed E-state index contributed by atoms with van der Waals surface area (Å²) in [5.41, 5.74) is 6.44. The third kappa shape index (κ3) is 2.71. The molecule has 3 nitrogen and oxygen atoms in total. The molecule has 0 amide bonds. The second kappa shape index (κ2) is 6.02. The van der Waals surface area contributed by atoms with Crippen LogP contribution in [0.5, 0.6) is 0 Å². The first kappa shape index (κ1) is 13.8. The van der Waals surface area contributed by atoms with E-state index in [1.54, 1.807) is 0 Å². The first-order valence-electron chi connectivity index (χ1n) is 6.99. The quantitative estimate of drug-likeness (QED) is 0.892. The maximum absolute atomic E-state index is 4.65. The number of aromatic nitrogens is 2. The average molecular weight is 257 g/mol. The highest BCUT2D eigenvalue weighted by Gasteiger charge is 2.15. The van der Waals surface area contributed by atoms with Gasteiger partial charge in [0.2, 0.25) is 0 Å². The zero-order valence-electron chi connectivity index (χ0n) is 12.3. The van der Waals surface area contributed by atoms with Crippen LogP contribution in [0.4, 0.5) is 0 Å². The average Bonchev–Trinajstić information content (AvgIpc) is 2.75. The van der Waals surface area contributed by atoms with Crippen molar-refractivity contribution < 1.29 is 0 Å². The number of hydrogen-bond acceptors (Lipinski definition) is 2. The van der Waals surface area contributed by atoms with E-state index in [1.807, 2.05) is 18.8 Å². The van der Waals surface area contributed by atoms with Crippen molar-refractivity contribution in [1.29, 1.82) is 0 Å². The van der Waals surface area contributed by atoms with Gasteiger partial charge in [-0.3, -0.25) is 4.68 Å². The Morgan fingerprint density at radius 2 is 2.00 bits per heavy atom. The van der Waals surface area contributed by atoms with E-state index in [1.165, 1.54) is 28.1 Å². The van der Waals surface area contributed by atoms with E-state index >= 15 is 0 Å². The topological polar surface area (TPSA) is 29.9 Å². The molecular weight excluding hydrogens is 234 g/mol. The lowest BCUT2D eigenvalue weighted by atomic mass is 9.98. The molecule has 0 fully saturated rings. The molecule has 1 aromatic carbocycles. The SMILES string of the molecule is CCc1nn(C)c(CC)c1-c1cccc(CNC)c1. The minimum Gasteiger partial charge on any atom is -0.316 e. The van der Waals surface area contributed by atoms with E-state index in [2.05, 4.69) is 48.5 Å². The fourth-order valence-electron chi connectivity index (χ4n) is 2.65. The first-order valence-corrected chi connectivity index (χ1v) is 6.99. The number of nitrogens with zero attached hydrogens (tertiary/aromatic N) is 2. The molecule has 0 aliphatic heterocycles. The summed E-state index contributed by atoms with van der Waals surface area (Å²) in [4.78, 5) is 0. The van der Waals surface area contributed by atoms with E-state index in [0.717, 1.165) is 19.4 Å². The van der Waals surface area contributed by atoms with Crippen LogP contribution >= 0.6 is 0 Å². The predicted octanol–water partition coefficient (Wildman–Crippen LogP) is 2.93. The van der Waals surface area contributed by atoms with Crippen molar-refractivity contribution in [3.8, 4) is 11.1 Å². The summed E-state index contributed by atoms with van der Waals surface area (Å²) in [5.74, 6) is 0. The Morgan fingerprint density at radius 1 is 1.21 bits per heavy atom. The van der Waals surface area contributed by atoms with Gasteiger partial charge < -0.3 is 5.32 Å². The lowest BCUT2D eigenvalue weighted by molar-refractivity contribution is 0.705. The number of rotatable bonds is 5. The van der Waals surface area contributed by atoms with Crippen molar-refractivity contribution in [2.24, 2.45) is 7.05 Å². The molecule has 1 aromatic heterocycles. The van der Waals surface area contributed by atoms with Crippen LogP contribution in [0.15, 0.2) is 24.3 Å². The van der Waals surface area contributed by atoms with Crippen molar-refractivity contribution >= 4 is 0 Å². The van der Waals surface area contributed by atoms with Gasteiger partial charge in [0.15, 0.2) is 0 Å². The highest BCUT2D eigenvalue weighted by atomic mass is 15.3. The van der Waals surface area contributed by atoms with Crippen LogP contribution in [0, 0.1) is 0 Å². The van der Waals surface area contributed by atoms with Gasteiger partial charge in [0.25, 0.3) is 0 Å². The summed E-state index contributed by atoms with van der Waals surface area (Å²) in [5, 5.41) is 7.86. The Labute approximate surface area is 115 Å². The first-order chi connectivity index (χ1) is 9.21. The molecule has 0 radical (unpaired) electrons. The van der Waals surface area contributed by atoms with Gasteiger partial charge in [-0.25, -0.2) is 0 Å². The zero-order valence-corrected chi connectivity index (χ0v) is 12.3. The molecule has 1 N–H and O–H groups in total. The summed E-state index contributed by atoms with van der Waals surface area (Å²) >= 11 is 0. The molecule has 0 saturated heterocycles. The number of benzene rings is 1. The minimum atomic E-state index is 0.900. The number of hydrogen-bond donors (Lipinski definition) is 1. The van der Waals surface area contributed by atoms with Gasteiger partial charge in [-0.15, -0.1) is 0 Å².